The molecule has 2 heterocycles. The molecule has 7 nitrogen and oxygen atoms in total. The number of methoxy groups -OCH3 is 2. The summed E-state index contributed by atoms with van der Waals surface area (Å²) in [5.41, 5.74) is 0. The highest BCUT2D eigenvalue weighted by atomic mass is 16.7. The zero-order valence-electron chi connectivity index (χ0n) is 20.7. The fraction of sp³-hybridized carbons (Fsp3) is 1.00. The Kier molecular flexibility index (Phi) is 15.0. The molecule has 0 saturated carbocycles. The van der Waals surface area contributed by atoms with Crippen LogP contribution in [-0.4, -0.2) is 76.1 Å². The van der Waals surface area contributed by atoms with Crippen LogP contribution in [0.2, 0.25) is 0 Å². The van der Waals surface area contributed by atoms with Crippen molar-refractivity contribution in [3.05, 3.63) is 0 Å². The van der Waals surface area contributed by atoms with Gasteiger partial charge in [0.05, 0.1) is 37.1 Å². The third-order valence-corrected chi connectivity index (χ3v) is 6.74. The number of unbranched alkanes of at least 4 members (excludes halogenated alkanes) is 7. The molecule has 0 radical (unpaired) electrons. The van der Waals surface area contributed by atoms with Gasteiger partial charge in [-0.1, -0.05) is 58.3 Å². The quantitative estimate of drug-likeness (QED) is 0.223. The van der Waals surface area contributed by atoms with E-state index in [0.717, 1.165) is 32.1 Å². The summed E-state index contributed by atoms with van der Waals surface area (Å²) in [4.78, 5) is 0. The Balaban J connectivity index is 1.71. The van der Waals surface area contributed by atoms with Crippen molar-refractivity contribution in [3.63, 3.8) is 0 Å². The van der Waals surface area contributed by atoms with Crippen LogP contribution in [-0.2, 0) is 28.4 Å². The Hall–Kier alpha value is -0.280. The minimum absolute atomic E-state index is 0.0522. The van der Waals surface area contributed by atoms with Crippen molar-refractivity contribution in [2.75, 3.05) is 34.4 Å². The highest BCUT2D eigenvalue weighted by molar-refractivity contribution is 4.89. The van der Waals surface area contributed by atoms with E-state index in [1.807, 2.05) is 0 Å². The summed E-state index contributed by atoms with van der Waals surface area (Å²) < 4.78 is 34.4. The van der Waals surface area contributed by atoms with E-state index >= 15 is 0 Å². The highest BCUT2D eigenvalue weighted by Gasteiger charge is 2.41. The lowest BCUT2D eigenvalue weighted by Gasteiger charge is -2.27. The Morgan fingerprint density at radius 3 is 1.75 bits per heavy atom. The van der Waals surface area contributed by atoms with Crippen molar-refractivity contribution in [2.45, 2.75) is 127 Å². The molecule has 190 valence electrons. The van der Waals surface area contributed by atoms with Gasteiger partial charge < -0.3 is 33.5 Å². The topological polar surface area (TPSA) is 75.6 Å². The number of ether oxygens (including phenoxy) is 6. The first-order valence-electron chi connectivity index (χ1n) is 12.9. The van der Waals surface area contributed by atoms with E-state index in [1.54, 1.807) is 14.2 Å². The van der Waals surface area contributed by atoms with Crippen LogP contribution in [0.25, 0.3) is 0 Å². The molecule has 0 aromatic carbocycles. The Morgan fingerprint density at radius 1 is 0.719 bits per heavy atom. The SMILES string of the molecule is CCCCCCCCCC[C@@H](OCOC)[C@H]1CC[C@H]([C@H]2CC[C@H]([C@H](CO)OCOC)O2)O1. The van der Waals surface area contributed by atoms with E-state index in [1.165, 1.54) is 51.4 Å². The van der Waals surface area contributed by atoms with Gasteiger partial charge in [0.1, 0.15) is 19.7 Å². The Labute approximate surface area is 195 Å². The molecule has 7 heteroatoms. The predicted molar refractivity (Wildman–Crippen MR) is 124 cm³/mol. The van der Waals surface area contributed by atoms with Crippen LogP contribution in [0.1, 0.15) is 90.4 Å². The van der Waals surface area contributed by atoms with Crippen LogP contribution >= 0.6 is 0 Å². The fourth-order valence-corrected chi connectivity index (χ4v) is 4.92. The molecular formula is C25H48O7. The van der Waals surface area contributed by atoms with Gasteiger partial charge in [-0.05, 0) is 32.1 Å². The largest absolute Gasteiger partial charge is 0.394 e. The minimum atomic E-state index is -0.350. The third kappa shape index (κ3) is 9.92. The van der Waals surface area contributed by atoms with Crippen LogP contribution in [0.15, 0.2) is 0 Å². The van der Waals surface area contributed by atoms with Gasteiger partial charge in [0.25, 0.3) is 0 Å². The van der Waals surface area contributed by atoms with E-state index in [2.05, 4.69) is 6.92 Å². The van der Waals surface area contributed by atoms with Crippen molar-refractivity contribution in [1.29, 1.82) is 0 Å². The first-order chi connectivity index (χ1) is 15.7. The zero-order valence-corrected chi connectivity index (χ0v) is 20.7. The van der Waals surface area contributed by atoms with Gasteiger partial charge in [0.2, 0.25) is 0 Å². The summed E-state index contributed by atoms with van der Waals surface area (Å²) in [5.74, 6) is 0. The van der Waals surface area contributed by atoms with Crippen molar-refractivity contribution in [2.24, 2.45) is 0 Å². The van der Waals surface area contributed by atoms with Gasteiger partial charge in [0.15, 0.2) is 0 Å². The van der Waals surface area contributed by atoms with E-state index in [4.69, 9.17) is 28.4 Å². The maximum absolute atomic E-state index is 9.62. The molecule has 0 spiro atoms. The fourth-order valence-electron chi connectivity index (χ4n) is 4.92. The van der Waals surface area contributed by atoms with E-state index < -0.39 is 0 Å². The zero-order chi connectivity index (χ0) is 23.0. The average molecular weight is 461 g/mol. The highest BCUT2D eigenvalue weighted by Crippen LogP contribution is 2.35. The van der Waals surface area contributed by atoms with Crippen molar-refractivity contribution >= 4 is 0 Å². The molecule has 0 aromatic heterocycles. The second kappa shape index (κ2) is 17.2. The summed E-state index contributed by atoms with van der Waals surface area (Å²) in [5, 5.41) is 9.62. The molecule has 32 heavy (non-hydrogen) atoms. The number of hydrogen-bond donors (Lipinski definition) is 1. The lowest BCUT2D eigenvalue weighted by atomic mass is 10.0. The molecule has 2 aliphatic heterocycles. The third-order valence-electron chi connectivity index (χ3n) is 6.74. The minimum Gasteiger partial charge on any atom is -0.394 e. The molecule has 0 amide bonds. The lowest BCUT2D eigenvalue weighted by molar-refractivity contribution is -0.162. The summed E-state index contributed by atoms with van der Waals surface area (Å²) >= 11 is 0. The number of aliphatic hydroxyl groups excluding tert-OH is 1. The predicted octanol–water partition coefficient (Wildman–Crippen LogP) is 4.58. The van der Waals surface area contributed by atoms with E-state index in [9.17, 15) is 5.11 Å². The maximum atomic E-state index is 9.62. The summed E-state index contributed by atoms with van der Waals surface area (Å²) in [6.07, 6.45) is 15.1. The standard InChI is InChI=1S/C25H48O7/c1-4-5-6-7-8-9-10-11-12-20(29-18-27-2)21-13-14-22(31-21)23-15-16-24(32-23)25(17-26)30-19-28-3/h20-26H,4-19H2,1-3H3/t20-,21-,22-,23-,24-,25+/m1/s1. The normalized spacial score (nSPS) is 27.8. The second-order valence-electron chi connectivity index (χ2n) is 9.25. The van der Waals surface area contributed by atoms with E-state index in [0.29, 0.717) is 6.79 Å². The lowest BCUT2D eigenvalue weighted by Crippen LogP contribution is -2.36. The van der Waals surface area contributed by atoms with Crippen LogP contribution in [0.3, 0.4) is 0 Å². The van der Waals surface area contributed by atoms with Crippen molar-refractivity contribution < 1.29 is 33.5 Å². The first kappa shape index (κ1) is 28.0. The van der Waals surface area contributed by atoms with Crippen LogP contribution < -0.4 is 0 Å². The number of hydrogen-bond acceptors (Lipinski definition) is 7. The molecule has 0 aromatic rings. The number of aliphatic hydroxyl groups is 1. The number of rotatable bonds is 19. The van der Waals surface area contributed by atoms with Gasteiger partial charge in [-0.2, -0.15) is 0 Å². The molecule has 2 saturated heterocycles. The molecule has 2 fully saturated rings. The molecule has 1 N–H and O–H groups in total. The van der Waals surface area contributed by atoms with Gasteiger partial charge in [-0.3, -0.25) is 0 Å². The molecular weight excluding hydrogens is 412 g/mol. The smallest absolute Gasteiger partial charge is 0.146 e. The molecule has 2 aliphatic rings. The first-order valence-corrected chi connectivity index (χ1v) is 12.9. The average Bonchev–Trinajstić information content (AvgIpc) is 3.48. The van der Waals surface area contributed by atoms with Crippen molar-refractivity contribution in [3.8, 4) is 0 Å². The Morgan fingerprint density at radius 2 is 1.22 bits per heavy atom. The van der Waals surface area contributed by atoms with Crippen LogP contribution in [0.5, 0.6) is 0 Å². The molecule has 2 rings (SSSR count). The van der Waals surface area contributed by atoms with Crippen LogP contribution in [0, 0.1) is 0 Å². The Bertz CT molecular complexity index is 450. The monoisotopic (exact) mass is 460 g/mol. The van der Waals surface area contributed by atoms with Crippen molar-refractivity contribution in [1.82, 2.24) is 0 Å². The summed E-state index contributed by atoms with van der Waals surface area (Å²) in [6, 6.07) is 0. The molecule has 0 unspecified atom stereocenters. The van der Waals surface area contributed by atoms with Gasteiger partial charge in [-0.25, -0.2) is 0 Å². The van der Waals surface area contributed by atoms with Crippen LogP contribution in [0.4, 0.5) is 0 Å². The molecule has 0 bridgehead atoms. The second-order valence-corrected chi connectivity index (χ2v) is 9.25. The summed E-state index contributed by atoms with van der Waals surface area (Å²) in [7, 11) is 3.25. The van der Waals surface area contributed by atoms with Gasteiger partial charge in [-0.15, -0.1) is 0 Å². The molecule has 0 aliphatic carbocycles. The molecule has 6 atom stereocenters. The summed E-state index contributed by atoms with van der Waals surface area (Å²) in [6.45, 7) is 2.66. The van der Waals surface area contributed by atoms with Gasteiger partial charge >= 0.3 is 0 Å². The maximum Gasteiger partial charge on any atom is 0.146 e. The van der Waals surface area contributed by atoms with E-state index in [-0.39, 0.29) is 50.0 Å². The van der Waals surface area contributed by atoms with Gasteiger partial charge in [0, 0.05) is 14.2 Å².